The molecule has 0 bridgehead atoms. The van der Waals surface area contributed by atoms with Gasteiger partial charge in [0.15, 0.2) is 0 Å². The second-order valence-electron chi connectivity index (χ2n) is 0. The Morgan fingerprint density at radius 1 is 1.25 bits per heavy atom. The number of hydrogen-bond donors (Lipinski definition) is 0. The van der Waals surface area contributed by atoms with Gasteiger partial charge in [-0.25, -0.2) is 0 Å². The van der Waals surface area contributed by atoms with E-state index in [0.29, 0.717) is 7.18 Å². The average molecular weight is 125 g/mol. The summed E-state index contributed by atoms with van der Waals surface area (Å²) in [5.41, 5.74) is 0. The van der Waals surface area contributed by atoms with Gasteiger partial charge in [-0.05, 0) is 0 Å². The molecule has 28 valence electrons. The van der Waals surface area contributed by atoms with E-state index in [2.05, 4.69) is 0 Å². The van der Waals surface area contributed by atoms with Crippen LogP contribution in [-0.4, -0.2) is 24.5 Å². The molecular weight excluding hydrogens is 122 g/mol. The van der Waals surface area contributed by atoms with E-state index in [1.165, 1.54) is 0 Å². The SMILES string of the molecule is CF.[Al].[Cu]. The van der Waals surface area contributed by atoms with Crippen LogP contribution in [-0.2, 0) is 17.1 Å². The minimum absolute atomic E-state index is 0. The summed E-state index contributed by atoms with van der Waals surface area (Å²) in [6.07, 6.45) is 0. The Balaban J connectivity index is -0.00000000500. The maximum atomic E-state index is 9.50. The van der Waals surface area contributed by atoms with Crippen molar-refractivity contribution in [2.45, 2.75) is 0 Å². The summed E-state index contributed by atoms with van der Waals surface area (Å²) in [6.45, 7) is 0. The topological polar surface area (TPSA) is 0 Å². The van der Waals surface area contributed by atoms with Crippen molar-refractivity contribution in [2.24, 2.45) is 0 Å². The van der Waals surface area contributed by atoms with Crippen LogP contribution in [0.15, 0.2) is 0 Å². The zero-order valence-electron chi connectivity index (χ0n) is 2.26. The minimum atomic E-state index is 0. The number of alkyl halides is 1. The maximum Gasteiger partial charge on any atom is 0.0785 e. The maximum absolute atomic E-state index is 9.50. The van der Waals surface area contributed by atoms with Gasteiger partial charge in [-0.1, -0.05) is 0 Å². The van der Waals surface area contributed by atoms with Crippen LogP contribution in [0.5, 0.6) is 0 Å². The van der Waals surface area contributed by atoms with Crippen molar-refractivity contribution in [3.05, 3.63) is 0 Å². The molecule has 0 nitrogen and oxygen atoms in total. The van der Waals surface area contributed by atoms with E-state index >= 15 is 0 Å². The van der Waals surface area contributed by atoms with Gasteiger partial charge in [0.1, 0.15) is 0 Å². The second-order valence-corrected chi connectivity index (χ2v) is 0. The molecular formula is CH3AlCuF. The Morgan fingerprint density at radius 3 is 1.25 bits per heavy atom. The zero-order chi connectivity index (χ0) is 2.00. The number of rotatable bonds is 0. The van der Waals surface area contributed by atoms with Crippen LogP contribution in [0.1, 0.15) is 0 Å². The van der Waals surface area contributed by atoms with Gasteiger partial charge in [0.2, 0.25) is 0 Å². The Bertz CT molecular complexity index is 8.00. The summed E-state index contributed by atoms with van der Waals surface area (Å²) in [4.78, 5) is 0. The average Bonchev–Trinajstić information content (AvgIpc) is 1.00. The van der Waals surface area contributed by atoms with Gasteiger partial charge < -0.3 is 0 Å². The van der Waals surface area contributed by atoms with E-state index in [1.807, 2.05) is 0 Å². The molecule has 0 saturated carbocycles. The van der Waals surface area contributed by atoms with Crippen LogP contribution in [0.3, 0.4) is 0 Å². The van der Waals surface area contributed by atoms with Crippen LogP contribution < -0.4 is 0 Å². The molecule has 0 fully saturated rings. The predicted octanol–water partition coefficient (Wildman–Crippen LogP) is 0.202. The van der Waals surface area contributed by atoms with E-state index in [-0.39, 0.29) is 34.4 Å². The molecule has 4 radical (unpaired) electrons. The summed E-state index contributed by atoms with van der Waals surface area (Å²) in [6, 6.07) is 0. The van der Waals surface area contributed by atoms with Crippen LogP contribution in [0.25, 0.3) is 0 Å². The van der Waals surface area contributed by atoms with E-state index in [4.69, 9.17) is 0 Å². The molecule has 0 aliphatic heterocycles. The van der Waals surface area contributed by atoms with Gasteiger partial charge in [0.05, 0.1) is 7.18 Å². The van der Waals surface area contributed by atoms with E-state index in [0.717, 1.165) is 0 Å². The monoisotopic (exact) mass is 124 g/mol. The molecule has 0 aliphatic rings. The minimum Gasteiger partial charge on any atom is -0.255 e. The molecule has 0 aromatic heterocycles. The van der Waals surface area contributed by atoms with Crippen LogP contribution in [0.2, 0.25) is 0 Å². The molecule has 0 aromatic carbocycles. The molecule has 0 saturated heterocycles. The molecule has 0 amide bonds. The van der Waals surface area contributed by atoms with E-state index in [1.54, 1.807) is 0 Å². The molecule has 0 unspecified atom stereocenters. The van der Waals surface area contributed by atoms with E-state index < -0.39 is 0 Å². The molecule has 3 heteroatoms. The Kier molecular flexibility index (Phi) is 185. The quantitative estimate of drug-likeness (QED) is 0.405. The third-order valence-electron chi connectivity index (χ3n) is 0. The fourth-order valence-corrected chi connectivity index (χ4v) is 0. The van der Waals surface area contributed by atoms with Crippen LogP contribution >= 0.6 is 0 Å². The van der Waals surface area contributed by atoms with Crippen molar-refractivity contribution in [1.29, 1.82) is 0 Å². The summed E-state index contributed by atoms with van der Waals surface area (Å²) >= 11 is 0. The molecule has 0 heterocycles. The summed E-state index contributed by atoms with van der Waals surface area (Å²) < 4.78 is 9.50. The molecule has 0 atom stereocenters. The normalized spacial score (nSPS) is 1.50. The van der Waals surface area contributed by atoms with Gasteiger partial charge in [0, 0.05) is 34.4 Å². The first-order chi connectivity index (χ1) is 1.00. The van der Waals surface area contributed by atoms with Crippen LogP contribution in [0.4, 0.5) is 4.39 Å². The fourth-order valence-electron chi connectivity index (χ4n) is 0. The molecule has 0 rings (SSSR count). The van der Waals surface area contributed by atoms with Crippen molar-refractivity contribution >= 4 is 17.4 Å². The Morgan fingerprint density at radius 2 is 1.25 bits per heavy atom. The molecule has 0 spiro atoms. The first-order valence-corrected chi connectivity index (χ1v) is 0.378. The smallest absolute Gasteiger partial charge is 0.0785 e. The summed E-state index contributed by atoms with van der Waals surface area (Å²) in [5.74, 6) is 0. The van der Waals surface area contributed by atoms with Gasteiger partial charge in [0.25, 0.3) is 0 Å². The largest absolute Gasteiger partial charge is 0.255 e. The second kappa shape index (κ2) is 36.7. The van der Waals surface area contributed by atoms with Gasteiger partial charge in [-0.15, -0.1) is 0 Å². The van der Waals surface area contributed by atoms with Crippen molar-refractivity contribution in [3.8, 4) is 0 Å². The zero-order valence-corrected chi connectivity index (χ0v) is 4.35. The molecule has 0 aliphatic carbocycles. The van der Waals surface area contributed by atoms with Crippen molar-refractivity contribution < 1.29 is 21.5 Å². The summed E-state index contributed by atoms with van der Waals surface area (Å²) in [7, 11) is 0.500. The summed E-state index contributed by atoms with van der Waals surface area (Å²) in [5, 5.41) is 0. The first kappa shape index (κ1) is 20.1. The Labute approximate surface area is 46.4 Å². The van der Waals surface area contributed by atoms with Gasteiger partial charge in [-0.3, -0.25) is 4.39 Å². The van der Waals surface area contributed by atoms with Crippen molar-refractivity contribution in [3.63, 3.8) is 0 Å². The third kappa shape index (κ3) is 12.1. The number of hydrogen-bond acceptors (Lipinski definition) is 0. The van der Waals surface area contributed by atoms with Gasteiger partial charge in [-0.2, -0.15) is 0 Å². The molecule has 0 N–H and O–H groups in total. The van der Waals surface area contributed by atoms with Gasteiger partial charge >= 0.3 is 0 Å². The van der Waals surface area contributed by atoms with Crippen molar-refractivity contribution in [1.82, 2.24) is 0 Å². The van der Waals surface area contributed by atoms with Crippen molar-refractivity contribution in [2.75, 3.05) is 7.18 Å². The predicted molar refractivity (Wildman–Crippen MR) is 12.8 cm³/mol. The molecule has 4 heavy (non-hydrogen) atoms. The fraction of sp³-hybridized carbons (Fsp3) is 1.00. The standard InChI is InChI=1S/CH3F.Al.Cu/c1-2;;/h1H3;;. The third-order valence-corrected chi connectivity index (χ3v) is 0. The van der Waals surface area contributed by atoms with E-state index in [9.17, 15) is 4.39 Å². The molecule has 0 aromatic rings. The number of halogens is 1. The first-order valence-electron chi connectivity index (χ1n) is 0.378. The van der Waals surface area contributed by atoms with Crippen LogP contribution in [0, 0.1) is 0 Å². The Hall–Kier alpha value is 0.982.